The summed E-state index contributed by atoms with van der Waals surface area (Å²) >= 11 is 0. The first kappa shape index (κ1) is 17.1. The Kier molecular flexibility index (Phi) is 3.73. The SMILES string of the molecule is O=C(C1CC12CCOc1ccccc12)N1CCCCC1c1nc2ccccc2[nH]1. The number of carbonyl (C=O) groups excluding carboxylic acids is 1. The number of aromatic nitrogens is 2. The van der Waals surface area contributed by atoms with E-state index in [1.807, 2.05) is 30.3 Å². The van der Waals surface area contributed by atoms with Crippen molar-refractivity contribution in [2.75, 3.05) is 13.2 Å². The molecular weight excluding hydrogens is 362 g/mol. The molecule has 1 aliphatic carbocycles. The van der Waals surface area contributed by atoms with Crippen molar-refractivity contribution in [3.63, 3.8) is 0 Å². The summed E-state index contributed by atoms with van der Waals surface area (Å²) in [6.45, 7) is 1.53. The molecule has 3 aromatic rings. The third-order valence-electron chi connectivity index (χ3n) is 7.11. The minimum Gasteiger partial charge on any atom is -0.493 e. The van der Waals surface area contributed by atoms with Gasteiger partial charge in [0.25, 0.3) is 0 Å². The van der Waals surface area contributed by atoms with Crippen LogP contribution in [-0.2, 0) is 10.2 Å². The summed E-state index contributed by atoms with van der Waals surface area (Å²) in [6.07, 6.45) is 5.06. The molecule has 3 heterocycles. The number of amides is 1. The van der Waals surface area contributed by atoms with Gasteiger partial charge in [-0.2, -0.15) is 0 Å². The molecule has 148 valence electrons. The topological polar surface area (TPSA) is 58.2 Å². The quantitative estimate of drug-likeness (QED) is 0.711. The number of nitrogens with one attached hydrogen (secondary N) is 1. The average Bonchev–Trinajstić information content (AvgIpc) is 3.31. The molecule has 1 amide bonds. The lowest BCUT2D eigenvalue weighted by molar-refractivity contribution is -0.137. The molecule has 29 heavy (non-hydrogen) atoms. The predicted octanol–water partition coefficient (Wildman–Crippen LogP) is 4.36. The monoisotopic (exact) mass is 387 g/mol. The molecule has 6 rings (SSSR count). The summed E-state index contributed by atoms with van der Waals surface area (Å²) in [5, 5.41) is 0. The van der Waals surface area contributed by atoms with E-state index in [1.165, 1.54) is 5.56 Å². The lowest BCUT2D eigenvalue weighted by Gasteiger charge is -2.36. The zero-order valence-corrected chi connectivity index (χ0v) is 16.4. The Bertz CT molecular complexity index is 1060. The summed E-state index contributed by atoms with van der Waals surface area (Å²) in [5.41, 5.74) is 3.22. The third-order valence-corrected chi connectivity index (χ3v) is 7.11. The van der Waals surface area contributed by atoms with Crippen LogP contribution in [0.4, 0.5) is 0 Å². The Balaban J connectivity index is 1.31. The second-order valence-electron chi connectivity index (χ2n) is 8.69. The van der Waals surface area contributed by atoms with Crippen LogP contribution in [0.2, 0.25) is 0 Å². The van der Waals surface area contributed by atoms with Gasteiger partial charge in [-0.1, -0.05) is 30.3 Å². The summed E-state index contributed by atoms with van der Waals surface area (Å²) in [4.78, 5) is 24.1. The third kappa shape index (κ3) is 2.60. The van der Waals surface area contributed by atoms with E-state index in [9.17, 15) is 4.79 Å². The smallest absolute Gasteiger partial charge is 0.227 e. The minimum absolute atomic E-state index is 0.0260. The van der Waals surface area contributed by atoms with Crippen molar-refractivity contribution in [3.8, 4) is 5.75 Å². The van der Waals surface area contributed by atoms with Crippen LogP contribution in [0.3, 0.4) is 0 Å². The number of hydrogen-bond donors (Lipinski definition) is 1. The Morgan fingerprint density at radius 2 is 2.00 bits per heavy atom. The van der Waals surface area contributed by atoms with Crippen LogP contribution in [0.1, 0.15) is 49.5 Å². The Labute approximate surface area is 170 Å². The summed E-state index contributed by atoms with van der Waals surface area (Å²) in [5.74, 6) is 2.26. The molecule has 5 heteroatoms. The van der Waals surface area contributed by atoms with E-state index >= 15 is 0 Å². The van der Waals surface area contributed by atoms with Gasteiger partial charge in [0.15, 0.2) is 0 Å². The van der Waals surface area contributed by atoms with Crippen LogP contribution < -0.4 is 4.74 Å². The fourth-order valence-electron chi connectivity index (χ4n) is 5.49. The number of aromatic amines is 1. The second kappa shape index (κ2) is 6.34. The van der Waals surface area contributed by atoms with Crippen molar-refractivity contribution in [2.45, 2.75) is 43.6 Å². The number of carbonyl (C=O) groups is 1. The molecule has 2 aliphatic heterocycles. The van der Waals surface area contributed by atoms with Crippen molar-refractivity contribution >= 4 is 16.9 Å². The number of rotatable bonds is 2. The maximum Gasteiger partial charge on any atom is 0.227 e. The number of fused-ring (bicyclic) bond motifs is 3. The largest absolute Gasteiger partial charge is 0.493 e. The van der Waals surface area contributed by atoms with E-state index in [4.69, 9.17) is 9.72 Å². The van der Waals surface area contributed by atoms with E-state index in [0.29, 0.717) is 12.5 Å². The molecule has 3 unspecified atom stereocenters. The van der Waals surface area contributed by atoms with Gasteiger partial charge in [0.2, 0.25) is 5.91 Å². The summed E-state index contributed by atoms with van der Waals surface area (Å²) in [7, 11) is 0. The molecule has 2 fully saturated rings. The first-order chi connectivity index (χ1) is 14.3. The molecule has 1 spiro atoms. The van der Waals surface area contributed by atoms with Crippen LogP contribution in [0, 0.1) is 5.92 Å². The van der Waals surface area contributed by atoms with Crippen molar-refractivity contribution in [3.05, 3.63) is 59.9 Å². The van der Waals surface area contributed by atoms with Gasteiger partial charge in [0.05, 0.1) is 23.7 Å². The van der Waals surface area contributed by atoms with E-state index in [1.54, 1.807) is 0 Å². The Morgan fingerprint density at radius 3 is 2.93 bits per heavy atom. The van der Waals surface area contributed by atoms with Gasteiger partial charge in [0, 0.05) is 23.4 Å². The summed E-state index contributed by atoms with van der Waals surface area (Å²) in [6, 6.07) is 16.4. The van der Waals surface area contributed by atoms with E-state index in [2.05, 4.69) is 28.1 Å². The molecule has 1 aromatic heterocycles. The number of likely N-dealkylation sites (tertiary alicyclic amines) is 1. The molecule has 1 N–H and O–H groups in total. The zero-order valence-electron chi connectivity index (χ0n) is 16.4. The first-order valence-electron chi connectivity index (χ1n) is 10.7. The average molecular weight is 387 g/mol. The second-order valence-corrected chi connectivity index (χ2v) is 8.69. The van der Waals surface area contributed by atoms with Crippen LogP contribution >= 0.6 is 0 Å². The standard InChI is InChI=1S/C24H25N3O2/c28-23(17-15-24(17)12-14-29-21-11-4-1-7-16(21)24)27-13-6-5-10-20(27)22-25-18-8-2-3-9-19(18)26-22/h1-4,7-9,11,17,20H,5-6,10,12-15H2,(H,25,26). The van der Waals surface area contributed by atoms with Crippen LogP contribution in [-0.4, -0.2) is 33.9 Å². The maximum absolute atomic E-state index is 13.7. The number of piperidine rings is 1. The van der Waals surface area contributed by atoms with E-state index < -0.39 is 0 Å². The fourth-order valence-corrected chi connectivity index (χ4v) is 5.49. The lowest BCUT2D eigenvalue weighted by atomic mass is 9.87. The Morgan fingerprint density at radius 1 is 1.14 bits per heavy atom. The van der Waals surface area contributed by atoms with Gasteiger partial charge < -0.3 is 14.6 Å². The molecule has 3 aliphatic rings. The van der Waals surface area contributed by atoms with Gasteiger partial charge >= 0.3 is 0 Å². The normalized spacial score (nSPS) is 28.2. The van der Waals surface area contributed by atoms with Gasteiger partial charge in [-0.15, -0.1) is 0 Å². The highest BCUT2D eigenvalue weighted by Gasteiger charge is 2.62. The van der Waals surface area contributed by atoms with E-state index in [0.717, 1.165) is 61.3 Å². The van der Waals surface area contributed by atoms with Gasteiger partial charge in [-0.25, -0.2) is 4.98 Å². The number of ether oxygens (including phenoxy) is 1. The highest BCUT2D eigenvalue weighted by atomic mass is 16.5. The fraction of sp³-hybridized carbons (Fsp3) is 0.417. The molecule has 3 atom stereocenters. The minimum atomic E-state index is -0.0260. The lowest BCUT2D eigenvalue weighted by Crippen LogP contribution is -2.41. The van der Waals surface area contributed by atoms with Crippen LogP contribution in [0.5, 0.6) is 5.75 Å². The number of hydrogen-bond acceptors (Lipinski definition) is 3. The predicted molar refractivity (Wildman–Crippen MR) is 111 cm³/mol. The molecule has 1 saturated carbocycles. The number of imidazole rings is 1. The van der Waals surface area contributed by atoms with Crippen molar-refractivity contribution in [1.29, 1.82) is 0 Å². The van der Waals surface area contributed by atoms with Gasteiger partial charge in [-0.3, -0.25) is 4.79 Å². The molecule has 2 aromatic carbocycles. The number of para-hydroxylation sites is 3. The van der Waals surface area contributed by atoms with Gasteiger partial charge in [-0.05, 0) is 50.3 Å². The number of nitrogens with zero attached hydrogens (tertiary/aromatic N) is 2. The van der Waals surface area contributed by atoms with E-state index in [-0.39, 0.29) is 17.4 Å². The highest BCUT2D eigenvalue weighted by Crippen LogP contribution is 2.61. The van der Waals surface area contributed by atoms with Crippen molar-refractivity contribution in [1.82, 2.24) is 14.9 Å². The van der Waals surface area contributed by atoms with Crippen molar-refractivity contribution < 1.29 is 9.53 Å². The molecule has 0 radical (unpaired) electrons. The first-order valence-corrected chi connectivity index (χ1v) is 10.7. The zero-order chi connectivity index (χ0) is 19.4. The maximum atomic E-state index is 13.7. The van der Waals surface area contributed by atoms with Gasteiger partial charge in [0.1, 0.15) is 11.6 Å². The number of H-pyrrole nitrogens is 1. The molecular formula is C24H25N3O2. The van der Waals surface area contributed by atoms with Crippen molar-refractivity contribution in [2.24, 2.45) is 5.92 Å². The Hall–Kier alpha value is -2.82. The number of benzene rings is 2. The molecule has 0 bridgehead atoms. The molecule has 1 saturated heterocycles. The van der Waals surface area contributed by atoms with Crippen LogP contribution in [0.25, 0.3) is 11.0 Å². The summed E-state index contributed by atoms with van der Waals surface area (Å²) < 4.78 is 5.86. The highest BCUT2D eigenvalue weighted by molar-refractivity contribution is 5.85. The van der Waals surface area contributed by atoms with Crippen LogP contribution in [0.15, 0.2) is 48.5 Å². The molecule has 5 nitrogen and oxygen atoms in total.